The third kappa shape index (κ3) is 2.79. The summed E-state index contributed by atoms with van der Waals surface area (Å²) in [5.41, 5.74) is 0.602. The van der Waals surface area contributed by atoms with Crippen LogP contribution in [-0.2, 0) is 5.75 Å². The molecule has 0 amide bonds. The molecule has 2 aromatic rings. The normalized spacial score (nSPS) is 10.6. The average molecular weight is 264 g/mol. The van der Waals surface area contributed by atoms with E-state index in [0.717, 1.165) is 4.90 Å². The number of H-pyrrole nitrogens is 1. The molecule has 1 heterocycles. The van der Waals surface area contributed by atoms with Crippen LogP contribution in [0.1, 0.15) is 17.1 Å². The van der Waals surface area contributed by atoms with E-state index < -0.39 is 11.4 Å². The maximum atomic E-state index is 13.1. The van der Waals surface area contributed by atoms with Crippen LogP contribution in [0.4, 0.5) is 4.39 Å². The van der Waals surface area contributed by atoms with Gasteiger partial charge in [0.2, 0.25) is 5.82 Å². The molecule has 1 aromatic carbocycles. The second kappa shape index (κ2) is 5.35. The summed E-state index contributed by atoms with van der Waals surface area (Å²) in [5, 5.41) is 0. The van der Waals surface area contributed by atoms with Crippen LogP contribution in [-0.4, -0.2) is 9.97 Å². The van der Waals surface area contributed by atoms with Crippen molar-refractivity contribution in [3.8, 4) is 0 Å². The van der Waals surface area contributed by atoms with Gasteiger partial charge in [0.1, 0.15) is 5.82 Å². The van der Waals surface area contributed by atoms with Crippen molar-refractivity contribution in [2.75, 3.05) is 0 Å². The fourth-order valence-electron chi connectivity index (χ4n) is 1.56. The first-order chi connectivity index (χ1) is 8.58. The lowest BCUT2D eigenvalue weighted by Crippen LogP contribution is -2.16. The standard InChI is InChI=1S/C13H13FN2OS/c1-8-5-3-4-6-10(8)18-7-11-15-9(2)12(14)13(17)16-11/h3-6H,7H2,1-2H3,(H,15,16,17). The molecule has 0 saturated heterocycles. The molecule has 18 heavy (non-hydrogen) atoms. The van der Waals surface area contributed by atoms with Gasteiger partial charge in [-0.3, -0.25) is 4.79 Å². The lowest BCUT2D eigenvalue weighted by molar-refractivity contribution is 0.584. The van der Waals surface area contributed by atoms with E-state index in [1.807, 2.05) is 31.2 Å². The average Bonchev–Trinajstić information content (AvgIpc) is 2.35. The zero-order valence-corrected chi connectivity index (χ0v) is 11.0. The van der Waals surface area contributed by atoms with E-state index in [9.17, 15) is 9.18 Å². The van der Waals surface area contributed by atoms with Crippen molar-refractivity contribution in [3.05, 3.63) is 57.5 Å². The van der Waals surface area contributed by atoms with Crippen molar-refractivity contribution < 1.29 is 4.39 Å². The molecule has 94 valence electrons. The number of aromatic amines is 1. The molecule has 0 saturated carbocycles. The zero-order chi connectivity index (χ0) is 13.1. The first kappa shape index (κ1) is 12.8. The summed E-state index contributed by atoms with van der Waals surface area (Å²) in [6.07, 6.45) is 0. The Bertz CT molecular complexity index is 625. The van der Waals surface area contributed by atoms with Gasteiger partial charge in [-0.2, -0.15) is 4.39 Å². The summed E-state index contributed by atoms with van der Waals surface area (Å²) in [5.74, 6) is 0.202. The van der Waals surface area contributed by atoms with Crippen LogP contribution in [0.25, 0.3) is 0 Å². The fourth-order valence-corrected chi connectivity index (χ4v) is 2.46. The SMILES string of the molecule is Cc1ccccc1SCc1nc(C)c(F)c(=O)[nH]1. The quantitative estimate of drug-likeness (QED) is 0.867. The van der Waals surface area contributed by atoms with E-state index in [-0.39, 0.29) is 5.69 Å². The van der Waals surface area contributed by atoms with Gasteiger partial charge < -0.3 is 4.98 Å². The highest BCUT2D eigenvalue weighted by Crippen LogP contribution is 2.24. The van der Waals surface area contributed by atoms with E-state index in [4.69, 9.17) is 0 Å². The molecule has 5 heteroatoms. The van der Waals surface area contributed by atoms with Crippen molar-refractivity contribution in [3.63, 3.8) is 0 Å². The summed E-state index contributed by atoms with van der Waals surface area (Å²) in [6.45, 7) is 3.51. The molecule has 0 aliphatic carbocycles. The molecule has 3 nitrogen and oxygen atoms in total. The minimum Gasteiger partial charge on any atom is -0.307 e. The third-order valence-corrected chi connectivity index (χ3v) is 3.72. The molecule has 0 aliphatic heterocycles. The molecular formula is C13H13FN2OS. The molecule has 0 atom stereocenters. The molecular weight excluding hydrogens is 251 g/mol. The summed E-state index contributed by atoms with van der Waals surface area (Å²) < 4.78 is 13.1. The van der Waals surface area contributed by atoms with Crippen molar-refractivity contribution >= 4 is 11.8 Å². The maximum Gasteiger partial charge on any atom is 0.287 e. The van der Waals surface area contributed by atoms with Crippen LogP contribution in [0.15, 0.2) is 34.0 Å². The van der Waals surface area contributed by atoms with Crippen LogP contribution < -0.4 is 5.56 Å². The summed E-state index contributed by atoms with van der Waals surface area (Å²) in [6, 6.07) is 7.96. The number of nitrogens with zero attached hydrogens (tertiary/aromatic N) is 1. The Hall–Kier alpha value is -1.62. The van der Waals surface area contributed by atoms with Crippen LogP contribution in [0.2, 0.25) is 0 Å². The topological polar surface area (TPSA) is 45.8 Å². The highest BCUT2D eigenvalue weighted by molar-refractivity contribution is 7.98. The summed E-state index contributed by atoms with van der Waals surface area (Å²) >= 11 is 1.57. The number of thioether (sulfide) groups is 1. The zero-order valence-electron chi connectivity index (χ0n) is 10.2. The van der Waals surface area contributed by atoms with Gasteiger partial charge in [0.15, 0.2) is 0 Å². The van der Waals surface area contributed by atoms with Crippen LogP contribution in [0.3, 0.4) is 0 Å². The minimum absolute atomic E-state index is 0.138. The van der Waals surface area contributed by atoms with Gasteiger partial charge in [-0.25, -0.2) is 4.98 Å². The molecule has 0 fully saturated rings. The summed E-state index contributed by atoms with van der Waals surface area (Å²) in [4.78, 5) is 18.9. The second-order valence-electron chi connectivity index (χ2n) is 3.97. The number of nitrogens with one attached hydrogen (secondary N) is 1. The van der Waals surface area contributed by atoms with E-state index in [1.165, 1.54) is 12.5 Å². The molecule has 1 aromatic heterocycles. The van der Waals surface area contributed by atoms with Gasteiger partial charge in [0.25, 0.3) is 5.56 Å². The Balaban J connectivity index is 2.17. The predicted molar refractivity (Wildman–Crippen MR) is 70.3 cm³/mol. The first-order valence-electron chi connectivity index (χ1n) is 5.51. The van der Waals surface area contributed by atoms with Crippen molar-refractivity contribution in [1.82, 2.24) is 9.97 Å². The fraction of sp³-hybridized carbons (Fsp3) is 0.231. The third-order valence-electron chi connectivity index (χ3n) is 2.54. The van der Waals surface area contributed by atoms with E-state index >= 15 is 0 Å². The Morgan fingerprint density at radius 3 is 2.72 bits per heavy atom. The number of benzene rings is 1. The van der Waals surface area contributed by atoms with E-state index in [0.29, 0.717) is 11.6 Å². The monoisotopic (exact) mass is 264 g/mol. The number of aromatic nitrogens is 2. The molecule has 1 N–H and O–H groups in total. The number of rotatable bonds is 3. The van der Waals surface area contributed by atoms with Gasteiger partial charge in [0, 0.05) is 4.90 Å². The highest BCUT2D eigenvalue weighted by atomic mass is 32.2. The maximum absolute atomic E-state index is 13.1. The largest absolute Gasteiger partial charge is 0.307 e. The first-order valence-corrected chi connectivity index (χ1v) is 6.50. The van der Waals surface area contributed by atoms with E-state index in [1.54, 1.807) is 11.8 Å². The molecule has 0 aliphatic rings. The highest BCUT2D eigenvalue weighted by Gasteiger charge is 2.07. The number of halogens is 1. The number of hydrogen-bond acceptors (Lipinski definition) is 3. The van der Waals surface area contributed by atoms with E-state index in [2.05, 4.69) is 9.97 Å². The van der Waals surface area contributed by atoms with Crippen LogP contribution in [0.5, 0.6) is 0 Å². The Morgan fingerprint density at radius 1 is 1.33 bits per heavy atom. The molecule has 0 spiro atoms. The lowest BCUT2D eigenvalue weighted by Gasteiger charge is -2.05. The van der Waals surface area contributed by atoms with Crippen LogP contribution >= 0.6 is 11.8 Å². The number of aryl methyl sites for hydroxylation is 2. The van der Waals surface area contributed by atoms with Crippen LogP contribution in [0, 0.1) is 19.7 Å². The lowest BCUT2D eigenvalue weighted by atomic mass is 10.2. The Morgan fingerprint density at radius 2 is 2.06 bits per heavy atom. The molecule has 0 bridgehead atoms. The van der Waals surface area contributed by atoms with Gasteiger partial charge >= 0.3 is 0 Å². The van der Waals surface area contributed by atoms with Gasteiger partial charge in [-0.05, 0) is 25.5 Å². The van der Waals surface area contributed by atoms with Gasteiger partial charge in [0.05, 0.1) is 11.4 Å². The smallest absolute Gasteiger partial charge is 0.287 e. The Kier molecular flexibility index (Phi) is 3.81. The molecule has 2 rings (SSSR count). The van der Waals surface area contributed by atoms with Crippen molar-refractivity contribution in [2.24, 2.45) is 0 Å². The van der Waals surface area contributed by atoms with Gasteiger partial charge in [-0.1, -0.05) is 18.2 Å². The predicted octanol–water partition coefficient (Wildman–Crippen LogP) is 2.82. The molecule has 0 unspecified atom stereocenters. The van der Waals surface area contributed by atoms with Crippen molar-refractivity contribution in [1.29, 1.82) is 0 Å². The number of hydrogen-bond donors (Lipinski definition) is 1. The summed E-state index contributed by atoms with van der Waals surface area (Å²) in [7, 11) is 0. The Labute approximate surface area is 108 Å². The van der Waals surface area contributed by atoms with Crippen molar-refractivity contribution in [2.45, 2.75) is 24.5 Å². The minimum atomic E-state index is -0.806. The molecule has 0 radical (unpaired) electrons. The van der Waals surface area contributed by atoms with Gasteiger partial charge in [-0.15, -0.1) is 11.8 Å². The second-order valence-corrected chi connectivity index (χ2v) is 4.98.